The minimum absolute atomic E-state index is 0.113. The zero-order valence-electron chi connectivity index (χ0n) is 21.5. The number of rotatable bonds is 8. The van der Waals surface area contributed by atoms with Gasteiger partial charge in [-0.1, -0.05) is 30.3 Å². The average Bonchev–Trinajstić information content (AvgIpc) is 3.44. The molecule has 1 aliphatic rings. The van der Waals surface area contributed by atoms with Crippen molar-refractivity contribution in [2.24, 2.45) is 0 Å². The molecule has 37 heavy (non-hydrogen) atoms. The number of aromatic nitrogens is 2. The molecule has 2 N–H and O–H groups in total. The minimum atomic E-state index is -0.380. The highest BCUT2D eigenvalue weighted by Gasteiger charge is 2.42. The number of methoxy groups -OCH3 is 1. The van der Waals surface area contributed by atoms with Crippen LogP contribution in [0.25, 0.3) is 11.3 Å². The number of carbonyl (C=O) groups is 1. The first-order valence-electron chi connectivity index (χ1n) is 12.5. The number of H-pyrrole nitrogens is 1. The van der Waals surface area contributed by atoms with Crippen molar-refractivity contribution >= 4 is 5.91 Å². The normalized spacial score (nSPS) is 14.6. The van der Waals surface area contributed by atoms with Gasteiger partial charge in [-0.2, -0.15) is 5.10 Å². The van der Waals surface area contributed by atoms with Gasteiger partial charge in [-0.25, -0.2) is 0 Å². The molecule has 1 atom stereocenters. The summed E-state index contributed by atoms with van der Waals surface area (Å²) in [5, 5.41) is 18.5. The summed E-state index contributed by atoms with van der Waals surface area (Å²) >= 11 is 0. The molecule has 1 aliphatic heterocycles. The summed E-state index contributed by atoms with van der Waals surface area (Å²) in [6, 6.07) is 19.2. The maximum atomic E-state index is 13.7. The molecule has 0 saturated heterocycles. The molecule has 7 nitrogen and oxygen atoms in total. The van der Waals surface area contributed by atoms with E-state index in [0.29, 0.717) is 36.5 Å². The number of hydrogen-bond acceptors (Lipinski definition) is 5. The third kappa shape index (κ3) is 4.53. The Bertz CT molecular complexity index is 1440. The van der Waals surface area contributed by atoms with Crippen LogP contribution in [0.2, 0.25) is 0 Å². The Morgan fingerprint density at radius 2 is 1.84 bits per heavy atom. The molecule has 0 aliphatic carbocycles. The van der Waals surface area contributed by atoms with E-state index in [4.69, 9.17) is 9.47 Å². The first-order chi connectivity index (χ1) is 17.9. The Morgan fingerprint density at radius 1 is 1.05 bits per heavy atom. The second-order valence-electron chi connectivity index (χ2n) is 9.34. The summed E-state index contributed by atoms with van der Waals surface area (Å²) in [7, 11) is 1.64. The Hall–Kier alpha value is -4.26. The standard InChI is InChI=1S/C30H31N3O4/c1-5-37-23-8-6-7-21(17-23)28-25-26(24-16-18(2)15-19(3)29(24)34)31-32-27(25)30(35)33(28)14-13-20-9-11-22(36-4)12-10-20/h6-12,15-17,28,34H,5,13-14H2,1-4H3,(H,31,32). The highest BCUT2D eigenvalue weighted by molar-refractivity contribution is 6.00. The Morgan fingerprint density at radius 3 is 2.57 bits per heavy atom. The lowest BCUT2D eigenvalue weighted by Gasteiger charge is -2.27. The average molecular weight is 498 g/mol. The predicted molar refractivity (Wildman–Crippen MR) is 142 cm³/mol. The van der Waals surface area contributed by atoms with Gasteiger partial charge in [0, 0.05) is 17.7 Å². The number of hydrogen-bond donors (Lipinski definition) is 2. The second-order valence-corrected chi connectivity index (χ2v) is 9.34. The molecule has 5 rings (SSSR count). The van der Waals surface area contributed by atoms with Gasteiger partial charge in [0.05, 0.1) is 19.8 Å². The molecule has 2 heterocycles. The number of aromatic amines is 1. The first kappa shape index (κ1) is 24.4. The Labute approximate surface area is 216 Å². The van der Waals surface area contributed by atoms with Crippen LogP contribution in [-0.4, -0.2) is 46.4 Å². The fourth-order valence-corrected chi connectivity index (χ4v) is 5.10. The van der Waals surface area contributed by atoms with Crippen LogP contribution in [0, 0.1) is 13.8 Å². The number of phenols is 1. The van der Waals surface area contributed by atoms with E-state index in [9.17, 15) is 9.90 Å². The number of benzene rings is 3. The zero-order chi connectivity index (χ0) is 26.1. The number of nitrogens with zero attached hydrogens (tertiary/aromatic N) is 2. The van der Waals surface area contributed by atoms with E-state index in [1.54, 1.807) is 7.11 Å². The number of fused-ring (bicyclic) bond motifs is 1. The predicted octanol–water partition coefficient (Wildman–Crippen LogP) is 5.59. The number of ether oxygens (including phenoxy) is 2. The molecule has 3 aromatic carbocycles. The van der Waals surface area contributed by atoms with E-state index in [1.165, 1.54) is 0 Å². The van der Waals surface area contributed by atoms with Crippen LogP contribution in [-0.2, 0) is 6.42 Å². The summed E-state index contributed by atoms with van der Waals surface area (Å²) in [4.78, 5) is 15.6. The van der Waals surface area contributed by atoms with E-state index in [2.05, 4.69) is 10.2 Å². The van der Waals surface area contributed by atoms with Gasteiger partial charge in [-0.15, -0.1) is 0 Å². The van der Waals surface area contributed by atoms with E-state index in [-0.39, 0.29) is 17.7 Å². The largest absolute Gasteiger partial charge is 0.507 e. The number of carbonyl (C=O) groups excluding carboxylic acids is 1. The Balaban J connectivity index is 1.59. The van der Waals surface area contributed by atoms with Gasteiger partial charge in [0.25, 0.3) is 5.91 Å². The molecule has 0 bridgehead atoms. The van der Waals surface area contributed by atoms with Crippen LogP contribution in [0.1, 0.15) is 51.3 Å². The molecule has 190 valence electrons. The van der Waals surface area contributed by atoms with Crippen molar-refractivity contribution in [2.45, 2.75) is 33.2 Å². The summed E-state index contributed by atoms with van der Waals surface area (Å²) in [6.07, 6.45) is 0.680. The number of amides is 1. The molecule has 1 unspecified atom stereocenters. The summed E-state index contributed by atoms with van der Waals surface area (Å²) in [5.41, 5.74) is 6.25. The van der Waals surface area contributed by atoms with Crippen LogP contribution in [0.5, 0.6) is 17.2 Å². The zero-order valence-corrected chi connectivity index (χ0v) is 21.5. The van der Waals surface area contributed by atoms with Crippen LogP contribution < -0.4 is 9.47 Å². The van der Waals surface area contributed by atoms with Crippen LogP contribution >= 0.6 is 0 Å². The Kier molecular flexibility index (Phi) is 6.61. The highest BCUT2D eigenvalue weighted by atomic mass is 16.5. The lowest BCUT2D eigenvalue weighted by atomic mass is 9.94. The van der Waals surface area contributed by atoms with Gasteiger partial charge in [-0.3, -0.25) is 9.89 Å². The molecule has 0 spiro atoms. The first-order valence-corrected chi connectivity index (χ1v) is 12.5. The fraction of sp³-hybridized carbons (Fsp3) is 0.267. The van der Waals surface area contributed by atoms with Crippen LogP contribution in [0.3, 0.4) is 0 Å². The molecule has 0 saturated carbocycles. The van der Waals surface area contributed by atoms with E-state index < -0.39 is 0 Å². The minimum Gasteiger partial charge on any atom is -0.507 e. The maximum absolute atomic E-state index is 13.7. The van der Waals surface area contributed by atoms with E-state index >= 15 is 0 Å². The van der Waals surface area contributed by atoms with Crippen molar-refractivity contribution in [1.82, 2.24) is 15.1 Å². The summed E-state index contributed by atoms with van der Waals surface area (Å²) in [5.74, 6) is 1.60. The molecule has 0 radical (unpaired) electrons. The summed E-state index contributed by atoms with van der Waals surface area (Å²) in [6.45, 7) is 6.86. The lowest BCUT2D eigenvalue weighted by Crippen LogP contribution is -2.31. The van der Waals surface area contributed by atoms with E-state index in [1.807, 2.05) is 86.3 Å². The van der Waals surface area contributed by atoms with Crippen LogP contribution in [0.15, 0.2) is 60.7 Å². The molecule has 4 aromatic rings. The SMILES string of the molecule is CCOc1cccc(C2c3c(-c4cc(C)cc(C)c4O)n[nH]c3C(=O)N2CCc2ccc(OC)cc2)c1. The molecule has 0 fully saturated rings. The second kappa shape index (κ2) is 10.0. The third-order valence-electron chi connectivity index (χ3n) is 6.85. The van der Waals surface area contributed by atoms with Crippen molar-refractivity contribution in [3.8, 4) is 28.5 Å². The quantitative estimate of drug-likeness (QED) is 0.331. The van der Waals surface area contributed by atoms with Crippen molar-refractivity contribution < 1.29 is 19.4 Å². The lowest BCUT2D eigenvalue weighted by molar-refractivity contribution is 0.0745. The van der Waals surface area contributed by atoms with E-state index in [0.717, 1.165) is 39.3 Å². The number of nitrogens with one attached hydrogen (secondary N) is 1. The topological polar surface area (TPSA) is 87.7 Å². The molecule has 1 amide bonds. The highest BCUT2D eigenvalue weighted by Crippen LogP contribution is 2.45. The van der Waals surface area contributed by atoms with Gasteiger partial charge in [-0.05, 0) is 79.8 Å². The van der Waals surface area contributed by atoms with Gasteiger partial charge in [0.2, 0.25) is 0 Å². The van der Waals surface area contributed by atoms with Gasteiger partial charge >= 0.3 is 0 Å². The van der Waals surface area contributed by atoms with Crippen molar-refractivity contribution in [3.63, 3.8) is 0 Å². The van der Waals surface area contributed by atoms with Crippen LogP contribution in [0.4, 0.5) is 0 Å². The van der Waals surface area contributed by atoms with Crippen molar-refractivity contribution in [2.75, 3.05) is 20.3 Å². The number of aromatic hydroxyl groups is 1. The summed E-state index contributed by atoms with van der Waals surface area (Å²) < 4.78 is 11.1. The van der Waals surface area contributed by atoms with Crippen molar-refractivity contribution in [1.29, 1.82) is 0 Å². The van der Waals surface area contributed by atoms with Gasteiger partial charge in [0.1, 0.15) is 28.6 Å². The smallest absolute Gasteiger partial charge is 0.273 e. The molecular weight excluding hydrogens is 466 g/mol. The molecule has 7 heteroatoms. The maximum Gasteiger partial charge on any atom is 0.273 e. The third-order valence-corrected chi connectivity index (χ3v) is 6.85. The molecular formula is C30H31N3O4. The van der Waals surface area contributed by atoms with Gasteiger partial charge < -0.3 is 19.5 Å². The number of aryl methyl sites for hydroxylation is 2. The number of phenolic OH excluding ortho intramolecular Hbond substituents is 1. The van der Waals surface area contributed by atoms with Gasteiger partial charge in [0.15, 0.2) is 0 Å². The monoisotopic (exact) mass is 497 g/mol. The fourth-order valence-electron chi connectivity index (χ4n) is 5.10. The van der Waals surface area contributed by atoms with Crippen molar-refractivity contribution in [3.05, 3.63) is 94.2 Å². The molecule has 1 aromatic heterocycles.